The maximum absolute atomic E-state index is 6.47. The fourth-order valence-corrected chi connectivity index (χ4v) is 6.88. The molecule has 0 saturated carbocycles. The second-order valence-corrected chi connectivity index (χ2v) is 13.7. The Kier molecular flexibility index (Phi) is 9.79. The summed E-state index contributed by atoms with van der Waals surface area (Å²) in [6, 6.07) is 26.8. The van der Waals surface area contributed by atoms with E-state index < -0.39 is 0 Å². The van der Waals surface area contributed by atoms with Crippen LogP contribution in [0.5, 0.6) is 0 Å². The number of likely N-dealkylation sites (tertiary alicyclic amines) is 1. The van der Waals surface area contributed by atoms with Crippen LogP contribution in [-0.2, 0) is 13.1 Å². The third kappa shape index (κ3) is 7.31. The molecule has 4 nitrogen and oxygen atoms in total. The number of hydrogen-bond acceptors (Lipinski definition) is 4. The predicted molar refractivity (Wildman–Crippen MR) is 194 cm³/mol. The van der Waals surface area contributed by atoms with E-state index in [0.717, 1.165) is 93.8 Å². The molecule has 2 aromatic heterocycles. The van der Waals surface area contributed by atoms with Crippen LogP contribution in [0.15, 0.2) is 85.2 Å². The summed E-state index contributed by atoms with van der Waals surface area (Å²) in [6.45, 7) is 14.2. The van der Waals surface area contributed by atoms with Crippen LogP contribution in [0.3, 0.4) is 0 Å². The molecule has 1 saturated heterocycles. The minimum absolute atomic E-state index is 0.448. The van der Waals surface area contributed by atoms with Gasteiger partial charge in [-0.1, -0.05) is 40.9 Å². The molecular formula is C40H42Cl2N4. The van der Waals surface area contributed by atoms with Crippen LogP contribution in [0.4, 0.5) is 5.69 Å². The van der Waals surface area contributed by atoms with E-state index >= 15 is 0 Å². The monoisotopic (exact) mass is 648 g/mol. The molecule has 0 amide bonds. The molecule has 1 aliphatic rings. The molecule has 0 aliphatic carbocycles. The Balaban J connectivity index is 1.17. The van der Waals surface area contributed by atoms with Crippen LogP contribution < -0.4 is 4.90 Å². The number of piperidine rings is 1. The number of hydrogen-bond donors (Lipinski definition) is 0. The van der Waals surface area contributed by atoms with Gasteiger partial charge in [-0.25, -0.2) is 0 Å². The number of anilines is 1. The number of pyridine rings is 2. The van der Waals surface area contributed by atoms with Crippen LogP contribution in [0.25, 0.3) is 22.5 Å². The van der Waals surface area contributed by atoms with Gasteiger partial charge in [-0.15, -0.1) is 0 Å². The summed E-state index contributed by atoms with van der Waals surface area (Å²) in [4.78, 5) is 14.6. The molecule has 3 heterocycles. The zero-order chi connectivity index (χ0) is 32.4. The number of rotatable bonds is 8. The molecule has 5 aromatic rings. The number of nitrogens with zero attached hydrogens (tertiary/aromatic N) is 4. The summed E-state index contributed by atoms with van der Waals surface area (Å²) in [5.41, 5.74) is 13.6. The molecular weight excluding hydrogens is 607 g/mol. The van der Waals surface area contributed by atoms with E-state index in [4.69, 9.17) is 28.2 Å². The summed E-state index contributed by atoms with van der Waals surface area (Å²) >= 11 is 12.9. The fraction of sp³-hybridized carbons (Fsp3) is 0.300. The zero-order valence-corrected chi connectivity index (χ0v) is 29.0. The number of aromatic nitrogens is 2. The van der Waals surface area contributed by atoms with Crippen molar-refractivity contribution in [3.8, 4) is 22.5 Å². The number of halogens is 2. The van der Waals surface area contributed by atoms with Gasteiger partial charge in [0.25, 0.3) is 0 Å². The van der Waals surface area contributed by atoms with Gasteiger partial charge in [0, 0.05) is 71.5 Å². The summed E-state index contributed by atoms with van der Waals surface area (Å²) < 4.78 is 0. The molecule has 3 aromatic carbocycles. The molecule has 1 fully saturated rings. The van der Waals surface area contributed by atoms with Crippen LogP contribution in [0.1, 0.15) is 51.8 Å². The van der Waals surface area contributed by atoms with E-state index in [0.29, 0.717) is 6.04 Å². The van der Waals surface area contributed by atoms with Crippen molar-refractivity contribution < 1.29 is 0 Å². The second-order valence-electron chi connectivity index (χ2n) is 12.9. The third-order valence-electron chi connectivity index (χ3n) is 9.24. The lowest BCUT2D eigenvalue weighted by Gasteiger charge is -2.40. The minimum atomic E-state index is 0.448. The second kappa shape index (κ2) is 14.0. The Morgan fingerprint density at radius 3 is 1.65 bits per heavy atom. The predicted octanol–water partition coefficient (Wildman–Crippen LogP) is 10.3. The van der Waals surface area contributed by atoms with Crippen molar-refractivity contribution in [2.45, 2.75) is 66.6 Å². The van der Waals surface area contributed by atoms with Gasteiger partial charge in [-0.2, -0.15) is 0 Å². The van der Waals surface area contributed by atoms with Crippen LogP contribution in [0.2, 0.25) is 10.0 Å². The normalized spacial score (nSPS) is 14.1. The highest BCUT2D eigenvalue weighted by Gasteiger charge is 2.26. The first-order valence-electron chi connectivity index (χ1n) is 16.1. The van der Waals surface area contributed by atoms with Gasteiger partial charge in [0.2, 0.25) is 0 Å². The Bertz CT molecular complexity index is 1800. The van der Waals surface area contributed by atoms with Crippen molar-refractivity contribution in [3.05, 3.63) is 134 Å². The van der Waals surface area contributed by atoms with Gasteiger partial charge in [-0.05, 0) is 142 Å². The molecule has 6 heteroatoms. The summed E-state index contributed by atoms with van der Waals surface area (Å²) in [7, 11) is 0. The van der Waals surface area contributed by atoms with E-state index in [1.54, 1.807) is 0 Å². The fourth-order valence-electron chi connectivity index (χ4n) is 6.66. The molecule has 236 valence electrons. The SMILES string of the molecule is Cc1ccc(N(Cc2ccnc(-c3cc(C)c(Cl)c(C)c3)c2)C2CCN(Cc3ccnc(-c4cc(C)c(Cl)c(C)c4)c3)CC2)cc1. The van der Waals surface area contributed by atoms with Gasteiger partial charge in [0.1, 0.15) is 0 Å². The molecule has 1 aliphatic heterocycles. The summed E-state index contributed by atoms with van der Waals surface area (Å²) in [5, 5.41) is 1.66. The van der Waals surface area contributed by atoms with Crippen molar-refractivity contribution >= 4 is 28.9 Å². The molecule has 0 bridgehead atoms. The lowest BCUT2D eigenvalue weighted by atomic mass is 9.99. The van der Waals surface area contributed by atoms with Crippen molar-refractivity contribution in [3.63, 3.8) is 0 Å². The van der Waals surface area contributed by atoms with Crippen molar-refractivity contribution in [1.29, 1.82) is 0 Å². The Hall–Kier alpha value is -3.70. The summed E-state index contributed by atoms with van der Waals surface area (Å²) in [5.74, 6) is 0. The molecule has 0 unspecified atom stereocenters. The smallest absolute Gasteiger partial charge is 0.0705 e. The topological polar surface area (TPSA) is 32.3 Å². The Morgan fingerprint density at radius 2 is 1.13 bits per heavy atom. The first kappa shape index (κ1) is 32.2. The highest BCUT2D eigenvalue weighted by atomic mass is 35.5. The average Bonchev–Trinajstić information content (AvgIpc) is 3.06. The van der Waals surface area contributed by atoms with E-state index in [1.165, 1.54) is 22.4 Å². The van der Waals surface area contributed by atoms with Gasteiger partial charge in [0.15, 0.2) is 0 Å². The molecule has 0 radical (unpaired) electrons. The van der Waals surface area contributed by atoms with Crippen molar-refractivity contribution in [2.24, 2.45) is 0 Å². The van der Waals surface area contributed by atoms with Gasteiger partial charge < -0.3 is 4.90 Å². The summed E-state index contributed by atoms with van der Waals surface area (Å²) in [6.07, 6.45) is 6.09. The largest absolute Gasteiger partial charge is 0.364 e. The van der Waals surface area contributed by atoms with E-state index in [9.17, 15) is 0 Å². The zero-order valence-electron chi connectivity index (χ0n) is 27.4. The Morgan fingerprint density at radius 1 is 0.652 bits per heavy atom. The first-order valence-corrected chi connectivity index (χ1v) is 16.9. The van der Waals surface area contributed by atoms with Crippen LogP contribution in [-0.4, -0.2) is 34.0 Å². The number of benzene rings is 3. The maximum Gasteiger partial charge on any atom is 0.0705 e. The lowest BCUT2D eigenvalue weighted by molar-refractivity contribution is 0.201. The minimum Gasteiger partial charge on any atom is -0.364 e. The molecule has 46 heavy (non-hydrogen) atoms. The first-order chi connectivity index (χ1) is 22.1. The van der Waals surface area contributed by atoms with Gasteiger partial charge in [-0.3, -0.25) is 14.9 Å². The standard InChI is InChI=1S/C40H42Cl2N4/c1-26-6-8-35(9-7-26)46(25-32-11-15-44-38(23-32)34-20-29(4)40(42)30(5)21-34)36-12-16-45(17-13-36)24-31-10-14-43-37(22-31)33-18-27(2)39(41)28(3)19-33/h6-11,14-15,18-23,36H,12-13,16-17,24-25H2,1-5H3. The highest BCUT2D eigenvalue weighted by molar-refractivity contribution is 6.32. The highest BCUT2D eigenvalue weighted by Crippen LogP contribution is 2.31. The molecule has 6 rings (SSSR count). The maximum atomic E-state index is 6.47. The Labute approximate surface area is 284 Å². The van der Waals surface area contributed by atoms with Crippen molar-refractivity contribution in [2.75, 3.05) is 18.0 Å². The molecule has 0 N–H and O–H groups in total. The quantitative estimate of drug-likeness (QED) is 0.167. The molecule has 0 spiro atoms. The average molecular weight is 650 g/mol. The van der Waals surface area contributed by atoms with Gasteiger partial charge in [0.05, 0.1) is 11.4 Å². The molecule has 0 atom stereocenters. The van der Waals surface area contributed by atoms with Gasteiger partial charge >= 0.3 is 0 Å². The van der Waals surface area contributed by atoms with Crippen molar-refractivity contribution in [1.82, 2.24) is 14.9 Å². The number of aryl methyl sites for hydroxylation is 5. The van der Waals surface area contributed by atoms with E-state index in [2.05, 4.69) is 122 Å². The lowest BCUT2D eigenvalue weighted by Crippen LogP contribution is -2.44. The van der Waals surface area contributed by atoms with E-state index in [-0.39, 0.29) is 0 Å². The van der Waals surface area contributed by atoms with E-state index in [1.807, 2.05) is 12.4 Å². The van der Waals surface area contributed by atoms with Crippen LogP contribution >= 0.6 is 23.2 Å². The van der Waals surface area contributed by atoms with Crippen LogP contribution in [0, 0.1) is 34.6 Å². The third-order valence-corrected chi connectivity index (χ3v) is 10.4.